The van der Waals surface area contributed by atoms with Gasteiger partial charge in [-0.15, -0.1) is 0 Å². The van der Waals surface area contributed by atoms with Gasteiger partial charge in [-0.2, -0.15) is 0 Å². The van der Waals surface area contributed by atoms with Crippen LogP contribution in [0.3, 0.4) is 0 Å². The summed E-state index contributed by atoms with van der Waals surface area (Å²) >= 11 is 0. The molecule has 1 rings (SSSR count). The summed E-state index contributed by atoms with van der Waals surface area (Å²) in [6.45, 7) is 5.26. The third kappa shape index (κ3) is 12.4. The molecule has 170 valence electrons. The average molecular weight is 421 g/mol. The first kappa shape index (κ1) is 25.9. The standard InChI is InChI=1S/C23H40N4O3/c1-2-9-22(29)27-21(18-19-10-12-20(28)13-11-19)23(30)26-17-8-7-16-25-15-6-4-3-5-14-24/h10-13,21,25,28H,2-9,14-18,24H2,1H3,(H,26,30)(H,27,29)/t21-/m0/s1. The van der Waals surface area contributed by atoms with E-state index < -0.39 is 6.04 Å². The first-order chi connectivity index (χ1) is 14.6. The number of hydrogen-bond acceptors (Lipinski definition) is 5. The van der Waals surface area contributed by atoms with E-state index >= 15 is 0 Å². The Morgan fingerprint density at radius 1 is 0.967 bits per heavy atom. The second-order valence-corrected chi connectivity index (χ2v) is 7.69. The van der Waals surface area contributed by atoms with Gasteiger partial charge in [-0.25, -0.2) is 0 Å². The monoisotopic (exact) mass is 420 g/mol. The van der Waals surface area contributed by atoms with Gasteiger partial charge in [-0.1, -0.05) is 31.9 Å². The fraction of sp³-hybridized carbons (Fsp3) is 0.652. The van der Waals surface area contributed by atoms with Crippen LogP contribution in [0.5, 0.6) is 5.75 Å². The van der Waals surface area contributed by atoms with Crippen molar-refractivity contribution in [2.24, 2.45) is 5.73 Å². The maximum Gasteiger partial charge on any atom is 0.242 e. The van der Waals surface area contributed by atoms with Crippen molar-refractivity contribution in [2.75, 3.05) is 26.2 Å². The molecule has 0 saturated heterocycles. The SMILES string of the molecule is CCCC(=O)N[C@@H](Cc1ccc(O)cc1)C(=O)NCCCCNCCCCCCN. The van der Waals surface area contributed by atoms with Gasteiger partial charge in [-0.3, -0.25) is 9.59 Å². The zero-order chi connectivity index (χ0) is 22.0. The zero-order valence-electron chi connectivity index (χ0n) is 18.4. The number of hydrogen-bond donors (Lipinski definition) is 5. The number of amides is 2. The predicted molar refractivity (Wildman–Crippen MR) is 121 cm³/mol. The summed E-state index contributed by atoms with van der Waals surface area (Å²) in [5.74, 6) is -0.105. The lowest BCUT2D eigenvalue weighted by atomic mass is 10.0. The highest BCUT2D eigenvalue weighted by Gasteiger charge is 2.20. The molecule has 0 fully saturated rings. The Hall–Kier alpha value is -2.12. The fourth-order valence-corrected chi connectivity index (χ4v) is 3.15. The minimum atomic E-state index is -0.611. The highest BCUT2D eigenvalue weighted by atomic mass is 16.3. The van der Waals surface area contributed by atoms with E-state index in [1.165, 1.54) is 19.3 Å². The largest absolute Gasteiger partial charge is 0.508 e. The van der Waals surface area contributed by atoms with Crippen molar-refractivity contribution in [3.05, 3.63) is 29.8 Å². The maximum atomic E-state index is 12.6. The fourth-order valence-electron chi connectivity index (χ4n) is 3.15. The molecule has 2 amide bonds. The van der Waals surface area contributed by atoms with Crippen molar-refractivity contribution in [1.29, 1.82) is 0 Å². The van der Waals surface area contributed by atoms with Gasteiger partial charge in [0.1, 0.15) is 11.8 Å². The molecule has 30 heavy (non-hydrogen) atoms. The predicted octanol–water partition coefficient (Wildman–Crippen LogP) is 2.22. The molecule has 0 aliphatic rings. The van der Waals surface area contributed by atoms with Gasteiger partial charge in [0.25, 0.3) is 0 Å². The van der Waals surface area contributed by atoms with Crippen molar-refractivity contribution in [2.45, 2.75) is 70.8 Å². The quantitative estimate of drug-likeness (QED) is 0.248. The Kier molecular flexibility index (Phi) is 14.4. The lowest BCUT2D eigenvalue weighted by molar-refractivity contribution is -0.129. The first-order valence-electron chi connectivity index (χ1n) is 11.3. The smallest absolute Gasteiger partial charge is 0.242 e. The van der Waals surface area contributed by atoms with Crippen LogP contribution in [-0.2, 0) is 16.0 Å². The number of nitrogens with one attached hydrogen (secondary N) is 3. The summed E-state index contributed by atoms with van der Waals surface area (Å²) < 4.78 is 0. The van der Waals surface area contributed by atoms with E-state index in [0.29, 0.717) is 19.4 Å². The Balaban J connectivity index is 2.30. The minimum absolute atomic E-state index is 0.118. The Morgan fingerprint density at radius 3 is 2.27 bits per heavy atom. The number of rotatable bonds is 17. The molecular weight excluding hydrogens is 380 g/mol. The molecule has 0 unspecified atom stereocenters. The van der Waals surface area contributed by atoms with Crippen molar-refractivity contribution < 1.29 is 14.7 Å². The molecule has 0 radical (unpaired) electrons. The van der Waals surface area contributed by atoms with Crippen LogP contribution in [-0.4, -0.2) is 49.1 Å². The van der Waals surface area contributed by atoms with E-state index in [-0.39, 0.29) is 17.6 Å². The van der Waals surface area contributed by atoms with Crippen molar-refractivity contribution in [1.82, 2.24) is 16.0 Å². The molecule has 1 aromatic carbocycles. The van der Waals surface area contributed by atoms with Crippen LogP contribution >= 0.6 is 0 Å². The Morgan fingerprint density at radius 2 is 1.60 bits per heavy atom. The Labute approximate surface area is 181 Å². The van der Waals surface area contributed by atoms with E-state index in [9.17, 15) is 14.7 Å². The molecule has 0 saturated carbocycles. The normalized spacial score (nSPS) is 11.8. The number of aromatic hydroxyl groups is 1. The van der Waals surface area contributed by atoms with Crippen LogP contribution in [0.4, 0.5) is 0 Å². The molecule has 0 spiro atoms. The van der Waals surface area contributed by atoms with Gasteiger partial charge in [-0.05, 0) is 69.4 Å². The second-order valence-electron chi connectivity index (χ2n) is 7.69. The van der Waals surface area contributed by atoms with Crippen molar-refractivity contribution >= 4 is 11.8 Å². The number of unbranched alkanes of at least 4 members (excludes halogenated alkanes) is 4. The van der Waals surface area contributed by atoms with Crippen molar-refractivity contribution in [3.8, 4) is 5.75 Å². The van der Waals surface area contributed by atoms with E-state index in [2.05, 4.69) is 16.0 Å². The number of nitrogens with two attached hydrogens (primary N) is 1. The summed E-state index contributed by atoms with van der Waals surface area (Å²) in [4.78, 5) is 24.6. The maximum absolute atomic E-state index is 12.6. The molecule has 1 aromatic rings. The number of phenols is 1. The van der Waals surface area contributed by atoms with Gasteiger partial charge in [0.15, 0.2) is 0 Å². The topological polar surface area (TPSA) is 116 Å². The minimum Gasteiger partial charge on any atom is -0.508 e. The molecule has 0 bridgehead atoms. The van der Waals surface area contributed by atoms with Gasteiger partial charge < -0.3 is 26.8 Å². The second kappa shape index (κ2) is 16.7. The lowest BCUT2D eigenvalue weighted by Crippen LogP contribution is -2.48. The van der Waals surface area contributed by atoms with Crippen LogP contribution in [0, 0.1) is 0 Å². The number of carbonyl (C=O) groups excluding carboxylic acids is 2. The van der Waals surface area contributed by atoms with E-state index in [1.807, 2.05) is 6.92 Å². The highest BCUT2D eigenvalue weighted by molar-refractivity contribution is 5.87. The van der Waals surface area contributed by atoms with Crippen LogP contribution in [0.25, 0.3) is 0 Å². The van der Waals surface area contributed by atoms with Gasteiger partial charge >= 0.3 is 0 Å². The molecular formula is C23H40N4O3. The van der Waals surface area contributed by atoms with Gasteiger partial charge in [0.2, 0.25) is 11.8 Å². The Bertz CT molecular complexity index is 593. The van der Waals surface area contributed by atoms with E-state index in [1.54, 1.807) is 24.3 Å². The van der Waals surface area contributed by atoms with E-state index in [4.69, 9.17) is 5.73 Å². The third-order valence-corrected chi connectivity index (χ3v) is 4.89. The van der Waals surface area contributed by atoms with Crippen molar-refractivity contribution in [3.63, 3.8) is 0 Å². The summed E-state index contributed by atoms with van der Waals surface area (Å²) in [6, 6.07) is 6.10. The molecule has 7 heteroatoms. The molecule has 7 nitrogen and oxygen atoms in total. The summed E-state index contributed by atoms with van der Waals surface area (Å²) in [6.07, 6.45) is 8.11. The van der Waals surface area contributed by atoms with Crippen LogP contribution in [0.15, 0.2) is 24.3 Å². The molecule has 0 aliphatic heterocycles. The summed E-state index contributed by atoms with van der Waals surface area (Å²) in [7, 11) is 0. The average Bonchev–Trinajstić information content (AvgIpc) is 2.73. The molecule has 1 atom stereocenters. The number of benzene rings is 1. The molecule has 0 aromatic heterocycles. The van der Waals surface area contributed by atoms with Gasteiger partial charge in [0, 0.05) is 19.4 Å². The van der Waals surface area contributed by atoms with E-state index in [0.717, 1.165) is 50.9 Å². The zero-order valence-corrected chi connectivity index (χ0v) is 18.4. The van der Waals surface area contributed by atoms with Gasteiger partial charge in [0.05, 0.1) is 0 Å². The van der Waals surface area contributed by atoms with Crippen LogP contribution in [0.1, 0.15) is 63.9 Å². The molecule has 6 N–H and O–H groups in total. The lowest BCUT2D eigenvalue weighted by Gasteiger charge is -2.19. The molecule has 0 aliphatic carbocycles. The highest BCUT2D eigenvalue weighted by Crippen LogP contribution is 2.11. The number of carbonyl (C=O) groups is 2. The summed E-state index contributed by atoms with van der Waals surface area (Å²) in [5.41, 5.74) is 6.37. The van der Waals surface area contributed by atoms with Crippen LogP contribution < -0.4 is 21.7 Å². The van der Waals surface area contributed by atoms with Crippen LogP contribution in [0.2, 0.25) is 0 Å². The number of phenolic OH excluding ortho intramolecular Hbond substituents is 1. The third-order valence-electron chi connectivity index (χ3n) is 4.89. The summed E-state index contributed by atoms with van der Waals surface area (Å²) in [5, 5.41) is 18.6. The first-order valence-corrected chi connectivity index (χ1v) is 11.3. The molecule has 0 heterocycles.